The van der Waals surface area contributed by atoms with Gasteiger partial charge in [0.15, 0.2) is 0 Å². The summed E-state index contributed by atoms with van der Waals surface area (Å²) in [5.74, 6) is 0.870. The Balaban J connectivity index is 1.97. The van der Waals surface area contributed by atoms with Crippen LogP contribution >= 0.6 is 0 Å². The first kappa shape index (κ1) is 10.4. The molecule has 2 aliphatic rings. The van der Waals surface area contributed by atoms with Gasteiger partial charge >= 0.3 is 0 Å². The number of hydrogen-bond acceptors (Lipinski definition) is 2. The highest BCUT2D eigenvalue weighted by Crippen LogP contribution is 2.40. The topological polar surface area (TPSA) is 21.3 Å². The van der Waals surface area contributed by atoms with E-state index >= 15 is 0 Å². The summed E-state index contributed by atoms with van der Waals surface area (Å²) < 4.78 is 6.05. The van der Waals surface area contributed by atoms with E-state index in [0.29, 0.717) is 6.04 Å². The lowest BCUT2D eigenvalue weighted by molar-refractivity contribution is -0.0699. The summed E-state index contributed by atoms with van der Waals surface area (Å²) in [7, 11) is 0. The van der Waals surface area contributed by atoms with Crippen LogP contribution < -0.4 is 5.32 Å². The van der Waals surface area contributed by atoms with Gasteiger partial charge in [0.25, 0.3) is 0 Å². The van der Waals surface area contributed by atoms with Crippen LogP contribution in [-0.4, -0.2) is 23.3 Å². The predicted molar refractivity (Wildman–Crippen MR) is 58.4 cm³/mol. The molecule has 2 rings (SSSR count). The van der Waals surface area contributed by atoms with Crippen molar-refractivity contribution in [2.24, 2.45) is 5.92 Å². The van der Waals surface area contributed by atoms with Crippen LogP contribution in [0.3, 0.4) is 0 Å². The highest BCUT2D eigenvalue weighted by Gasteiger charge is 2.48. The van der Waals surface area contributed by atoms with Crippen LogP contribution in [0.25, 0.3) is 0 Å². The molecule has 0 aromatic heterocycles. The Hall–Kier alpha value is -0.0800. The Bertz CT molecular complexity index is 234. The highest BCUT2D eigenvalue weighted by atomic mass is 16.5. The van der Waals surface area contributed by atoms with Crippen molar-refractivity contribution in [3.05, 3.63) is 0 Å². The molecular weight excluding hydrogens is 174 g/mol. The molecule has 82 valence electrons. The molecular formula is C12H23NO. The summed E-state index contributed by atoms with van der Waals surface area (Å²) in [6, 6.07) is 1.27. The highest BCUT2D eigenvalue weighted by molar-refractivity contribution is 5.03. The molecule has 3 atom stereocenters. The molecule has 0 spiro atoms. The summed E-state index contributed by atoms with van der Waals surface area (Å²) in [4.78, 5) is 0. The molecule has 1 N–H and O–H groups in total. The first-order chi connectivity index (χ1) is 6.30. The fraction of sp³-hybridized carbons (Fsp3) is 1.00. The Kier molecular flexibility index (Phi) is 2.20. The number of ether oxygens (including phenoxy) is 1. The normalized spacial score (nSPS) is 43.9. The standard InChI is InChI=1S/C12H23NO/c1-8-6-9(8)13-10-7-11(2,3)14-12(10,4)5/h8-10,13H,6-7H2,1-5H3/t8-,9-,10?/m1/s1. The maximum atomic E-state index is 6.05. The van der Waals surface area contributed by atoms with Gasteiger partial charge < -0.3 is 10.1 Å². The number of nitrogens with one attached hydrogen (secondary N) is 1. The molecule has 0 amide bonds. The number of hydrogen-bond donors (Lipinski definition) is 1. The van der Waals surface area contributed by atoms with Crippen molar-refractivity contribution in [2.45, 2.75) is 70.7 Å². The molecule has 1 saturated carbocycles. The van der Waals surface area contributed by atoms with Gasteiger partial charge in [-0.1, -0.05) is 6.92 Å². The smallest absolute Gasteiger partial charge is 0.0787 e. The Morgan fingerprint density at radius 3 is 2.14 bits per heavy atom. The van der Waals surface area contributed by atoms with Gasteiger partial charge in [0.2, 0.25) is 0 Å². The van der Waals surface area contributed by atoms with E-state index in [1.807, 2.05) is 0 Å². The monoisotopic (exact) mass is 197 g/mol. The van der Waals surface area contributed by atoms with E-state index in [-0.39, 0.29) is 11.2 Å². The second kappa shape index (κ2) is 2.96. The predicted octanol–water partition coefficient (Wildman–Crippen LogP) is 2.33. The molecule has 1 saturated heterocycles. The van der Waals surface area contributed by atoms with Crippen molar-refractivity contribution in [3.63, 3.8) is 0 Å². The van der Waals surface area contributed by atoms with Gasteiger partial charge in [0, 0.05) is 12.1 Å². The van der Waals surface area contributed by atoms with Gasteiger partial charge in [0.05, 0.1) is 11.2 Å². The fourth-order valence-electron chi connectivity index (χ4n) is 2.63. The van der Waals surface area contributed by atoms with E-state index in [9.17, 15) is 0 Å². The van der Waals surface area contributed by atoms with E-state index in [1.54, 1.807) is 0 Å². The lowest BCUT2D eigenvalue weighted by Crippen LogP contribution is -2.44. The van der Waals surface area contributed by atoms with Gasteiger partial charge in [-0.05, 0) is 46.5 Å². The maximum absolute atomic E-state index is 6.05. The second-order valence-corrected chi connectivity index (χ2v) is 6.21. The first-order valence-corrected chi connectivity index (χ1v) is 5.76. The number of rotatable bonds is 2. The molecule has 2 nitrogen and oxygen atoms in total. The van der Waals surface area contributed by atoms with E-state index in [4.69, 9.17) is 4.74 Å². The Labute approximate surface area is 87.4 Å². The zero-order valence-electron chi connectivity index (χ0n) is 10.1. The molecule has 0 bridgehead atoms. The third-order valence-electron chi connectivity index (χ3n) is 3.60. The van der Waals surface area contributed by atoms with Gasteiger partial charge in [0.1, 0.15) is 0 Å². The average molecular weight is 197 g/mol. The van der Waals surface area contributed by atoms with E-state index in [2.05, 4.69) is 39.9 Å². The molecule has 2 heteroatoms. The van der Waals surface area contributed by atoms with Crippen LogP contribution in [0.5, 0.6) is 0 Å². The summed E-state index contributed by atoms with van der Waals surface area (Å²) in [6.45, 7) is 11.1. The van der Waals surface area contributed by atoms with Crippen LogP contribution in [0.1, 0.15) is 47.5 Å². The Morgan fingerprint density at radius 1 is 1.21 bits per heavy atom. The van der Waals surface area contributed by atoms with E-state index in [0.717, 1.165) is 18.4 Å². The minimum atomic E-state index is -0.00812. The molecule has 0 aromatic rings. The molecule has 1 unspecified atom stereocenters. The zero-order chi connectivity index (χ0) is 10.6. The van der Waals surface area contributed by atoms with Gasteiger partial charge in [-0.2, -0.15) is 0 Å². The quantitative estimate of drug-likeness (QED) is 0.733. The lowest BCUT2D eigenvalue weighted by Gasteiger charge is -2.28. The van der Waals surface area contributed by atoms with Gasteiger partial charge in [-0.25, -0.2) is 0 Å². The molecule has 0 radical (unpaired) electrons. The molecule has 1 aliphatic heterocycles. The largest absolute Gasteiger partial charge is 0.368 e. The molecule has 14 heavy (non-hydrogen) atoms. The second-order valence-electron chi connectivity index (χ2n) is 6.21. The summed E-state index contributed by atoms with van der Waals surface area (Å²) in [6.07, 6.45) is 2.47. The molecule has 2 fully saturated rings. The fourth-order valence-corrected chi connectivity index (χ4v) is 2.63. The SMILES string of the molecule is C[C@@H]1C[C@H]1NC1CC(C)(C)OC1(C)C. The van der Waals surface area contributed by atoms with Crippen LogP contribution in [0.4, 0.5) is 0 Å². The summed E-state index contributed by atoms with van der Waals surface area (Å²) in [5.41, 5.74) is 0.0328. The third kappa shape index (κ3) is 1.96. The van der Waals surface area contributed by atoms with Crippen molar-refractivity contribution in [2.75, 3.05) is 0 Å². The van der Waals surface area contributed by atoms with Crippen molar-refractivity contribution in [1.82, 2.24) is 5.32 Å². The van der Waals surface area contributed by atoms with Crippen molar-refractivity contribution < 1.29 is 4.74 Å². The summed E-state index contributed by atoms with van der Waals surface area (Å²) >= 11 is 0. The van der Waals surface area contributed by atoms with Gasteiger partial charge in [-0.3, -0.25) is 0 Å². The molecule has 1 aliphatic carbocycles. The minimum absolute atomic E-state index is 0.00812. The van der Waals surface area contributed by atoms with Crippen molar-refractivity contribution >= 4 is 0 Å². The first-order valence-electron chi connectivity index (χ1n) is 5.76. The summed E-state index contributed by atoms with van der Waals surface area (Å²) in [5, 5.41) is 3.72. The van der Waals surface area contributed by atoms with Crippen molar-refractivity contribution in [3.8, 4) is 0 Å². The van der Waals surface area contributed by atoms with Crippen LogP contribution in [-0.2, 0) is 4.74 Å². The average Bonchev–Trinajstić information content (AvgIpc) is 2.56. The van der Waals surface area contributed by atoms with E-state index in [1.165, 1.54) is 6.42 Å². The molecule has 1 heterocycles. The minimum Gasteiger partial charge on any atom is -0.368 e. The lowest BCUT2D eigenvalue weighted by atomic mass is 9.94. The van der Waals surface area contributed by atoms with Crippen LogP contribution in [0.15, 0.2) is 0 Å². The maximum Gasteiger partial charge on any atom is 0.0787 e. The third-order valence-corrected chi connectivity index (χ3v) is 3.60. The molecule has 0 aromatic carbocycles. The van der Waals surface area contributed by atoms with Gasteiger partial charge in [-0.15, -0.1) is 0 Å². The van der Waals surface area contributed by atoms with Crippen molar-refractivity contribution in [1.29, 1.82) is 0 Å². The zero-order valence-corrected chi connectivity index (χ0v) is 10.1. The Morgan fingerprint density at radius 2 is 1.79 bits per heavy atom. The van der Waals surface area contributed by atoms with Crippen LogP contribution in [0, 0.1) is 5.92 Å². The van der Waals surface area contributed by atoms with Crippen LogP contribution in [0.2, 0.25) is 0 Å². The van der Waals surface area contributed by atoms with E-state index < -0.39 is 0 Å².